The third-order valence-corrected chi connectivity index (χ3v) is 7.02. The van der Waals surface area contributed by atoms with E-state index < -0.39 is 0 Å². The van der Waals surface area contributed by atoms with Crippen LogP contribution in [0, 0.1) is 17.6 Å². The Kier molecular flexibility index (Phi) is 6.07. The molecule has 2 aliphatic rings. The first-order valence-corrected chi connectivity index (χ1v) is 11.5. The first-order valence-electron chi connectivity index (χ1n) is 11.5. The van der Waals surface area contributed by atoms with E-state index >= 15 is 0 Å². The lowest BCUT2D eigenvalue weighted by molar-refractivity contribution is 0.137. The van der Waals surface area contributed by atoms with E-state index in [2.05, 4.69) is 15.2 Å². The molecule has 2 saturated heterocycles. The Morgan fingerprint density at radius 2 is 1.45 bits per heavy atom. The summed E-state index contributed by atoms with van der Waals surface area (Å²) in [5.74, 6) is 0.815. The van der Waals surface area contributed by atoms with Gasteiger partial charge >= 0.3 is 6.03 Å². The van der Waals surface area contributed by atoms with Crippen molar-refractivity contribution in [3.8, 4) is 0 Å². The highest BCUT2D eigenvalue weighted by atomic mass is 19.1. The van der Waals surface area contributed by atoms with Gasteiger partial charge in [0.25, 0.3) is 0 Å². The molecular formula is C25H27F2N5O. The Balaban J connectivity index is 1.26. The average Bonchev–Trinajstić information content (AvgIpc) is 3.54. The molecular weight excluding hydrogens is 424 g/mol. The molecule has 0 aliphatic carbocycles. The zero-order valence-electron chi connectivity index (χ0n) is 18.3. The lowest BCUT2D eigenvalue weighted by Gasteiger charge is -2.38. The number of H-pyrrole nitrogens is 1. The fraction of sp³-hybridized carbons (Fsp3) is 0.400. The van der Waals surface area contributed by atoms with Crippen LogP contribution in [0.25, 0.3) is 0 Å². The van der Waals surface area contributed by atoms with Gasteiger partial charge in [0.15, 0.2) is 0 Å². The number of hydrogen-bond donors (Lipinski definition) is 1. The van der Waals surface area contributed by atoms with Crippen molar-refractivity contribution in [3.05, 3.63) is 83.4 Å². The SMILES string of the molecule is O=C(N1CCC(C(c2ccc(F)cc2)c2ccc(F)cc2)CC1)N1CCC(c2ncn[nH]2)C1. The Labute approximate surface area is 191 Å². The summed E-state index contributed by atoms with van der Waals surface area (Å²) in [7, 11) is 0. The van der Waals surface area contributed by atoms with Crippen LogP contribution in [-0.4, -0.2) is 57.2 Å². The number of piperidine rings is 1. The van der Waals surface area contributed by atoms with Gasteiger partial charge in [-0.3, -0.25) is 5.10 Å². The zero-order valence-corrected chi connectivity index (χ0v) is 18.3. The molecule has 1 unspecified atom stereocenters. The van der Waals surface area contributed by atoms with Crippen LogP contribution in [-0.2, 0) is 0 Å². The third kappa shape index (κ3) is 4.60. The highest BCUT2D eigenvalue weighted by molar-refractivity contribution is 5.75. The molecule has 1 aromatic heterocycles. The van der Waals surface area contributed by atoms with Gasteiger partial charge in [-0.1, -0.05) is 24.3 Å². The van der Waals surface area contributed by atoms with Crippen LogP contribution >= 0.6 is 0 Å². The van der Waals surface area contributed by atoms with E-state index in [0.717, 1.165) is 42.8 Å². The molecule has 2 aliphatic heterocycles. The monoisotopic (exact) mass is 451 g/mol. The number of hydrogen-bond acceptors (Lipinski definition) is 3. The second kappa shape index (κ2) is 9.29. The van der Waals surface area contributed by atoms with Gasteiger partial charge < -0.3 is 9.80 Å². The summed E-state index contributed by atoms with van der Waals surface area (Å²) >= 11 is 0. The van der Waals surface area contributed by atoms with Crippen molar-refractivity contribution in [2.24, 2.45) is 5.92 Å². The number of nitrogens with one attached hydrogen (secondary N) is 1. The molecule has 0 spiro atoms. The first kappa shape index (κ1) is 21.6. The minimum Gasteiger partial charge on any atom is -0.325 e. The summed E-state index contributed by atoms with van der Waals surface area (Å²) in [4.78, 5) is 21.2. The summed E-state index contributed by atoms with van der Waals surface area (Å²) < 4.78 is 27.1. The van der Waals surface area contributed by atoms with Gasteiger partial charge in [-0.25, -0.2) is 18.6 Å². The van der Waals surface area contributed by atoms with E-state index in [1.807, 2.05) is 34.1 Å². The van der Waals surface area contributed by atoms with Crippen molar-refractivity contribution in [3.63, 3.8) is 0 Å². The first-order chi connectivity index (χ1) is 16.1. The van der Waals surface area contributed by atoms with Crippen molar-refractivity contribution < 1.29 is 13.6 Å². The molecule has 0 bridgehead atoms. The van der Waals surface area contributed by atoms with Gasteiger partial charge in [0.1, 0.15) is 23.8 Å². The van der Waals surface area contributed by atoms with Crippen LogP contribution in [0.15, 0.2) is 54.9 Å². The molecule has 8 heteroatoms. The fourth-order valence-corrected chi connectivity index (χ4v) is 5.27. The maximum absolute atomic E-state index is 13.5. The standard InChI is InChI=1S/C25H27F2N5O/c26-21-5-1-17(2-6-21)23(18-3-7-22(27)8-4-18)19-9-12-31(13-10-19)25(33)32-14-11-20(15-32)24-28-16-29-30-24/h1-8,16,19-20,23H,9-15H2,(H,28,29,30). The molecule has 2 aromatic carbocycles. The van der Waals surface area contributed by atoms with Crippen LogP contribution in [0.1, 0.15) is 48.0 Å². The Bertz CT molecular complexity index is 1020. The molecule has 1 atom stereocenters. The molecule has 172 valence electrons. The van der Waals surface area contributed by atoms with E-state index in [1.165, 1.54) is 30.6 Å². The van der Waals surface area contributed by atoms with E-state index in [4.69, 9.17) is 0 Å². The molecule has 3 heterocycles. The third-order valence-electron chi connectivity index (χ3n) is 7.02. The summed E-state index contributed by atoms with van der Waals surface area (Å²) in [6, 6.07) is 13.2. The van der Waals surface area contributed by atoms with Crippen molar-refractivity contribution >= 4 is 6.03 Å². The molecule has 33 heavy (non-hydrogen) atoms. The second-order valence-corrected chi connectivity index (χ2v) is 8.99. The Morgan fingerprint density at radius 1 is 0.879 bits per heavy atom. The van der Waals surface area contributed by atoms with Crippen LogP contribution in [0.3, 0.4) is 0 Å². The fourth-order valence-electron chi connectivity index (χ4n) is 5.27. The summed E-state index contributed by atoms with van der Waals surface area (Å²) in [5, 5.41) is 6.83. The number of nitrogens with zero attached hydrogens (tertiary/aromatic N) is 4. The number of likely N-dealkylation sites (tertiary alicyclic amines) is 2. The van der Waals surface area contributed by atoms with Gasteiger partial charge in [-0.2, -0.15) is 5.10 Å². The highest BCUT2D eigenvalue weighted by Crippen LogP contribution is 2.38. The van der Waals surface area contributed by atoms with Gasteiger partial charge in [0.05, 0.1) is 0 Å². The number of halogens is 2. The van der Waals surface area contributed by atoms with Crippen molar-refractivity contribution in [2.75, 3.05) is 26.2 Å². The maximum Gasteiger partial charge on any atom is 0.320 e. The van der Waals surface area contributed by atoms with Crippen LogP contribution in [0.2, 0.25) is 0 Å². The van der Waals surface area contributed by atoms with Crippen LogP contribution < -0.4 is 0 Å². The number of carbonyl (C=O) groups excluding carboxylic acids is 1. The summed E-state index contributed by atoms with van der Waals surface area (Å²) in [6.07, 6.45) is 4.06. The zero-order chi connectivity index (χ0) is 22.8. The van der Waals surface area contributed by atoms with E-state index in [-0.39, 0.29) is 35.4 Å². The van der Waals surface area contributed by atoms with Gasteiger partial charge in [0, 0.05) is 38.0 Å². The molecule has 2 amide bonds. The molecule has 5 rings (SSSR count). The minimum absolute atomic E-state index is 0.0334. The molecule has 0 saturated carbocycles. The number of amides is 2. The van der Waals surface area contributed by atoms with Crippen molar-refractivity contribution in [1.29, 1.82) is 0 Å². The number of aromatic nitrogens is 3. The van der Waals surface area contributed by atoms with Gasteiger partial charge in [-0.15, -0.1) is 0 Å². The number of rotatable bonds is 4. The smallest absolute Gasteiger partial charge is 0.320 e. The Morgan fingerprint density at radius 3 is 2.00 bits per heavy atom. The Hall–Kier alpha value is -3.29. The quantitative estimate of drug-likeness (QED) is 0.634. The molecule has 3 aromatic rings. The van der Waals surface area contributed by atoms with Gasteiger partial charge in [0.2, 0.25) is 0 Å². The van der Waals surface area contributed by atoms with E-state index in [1.54, 1.807) is 0 Å². The predicted molar refractivity (Wildman–Crippen MR) is 120 cm³/mol. The van der Waals surface area contributed by atoms with Crippen molar-refractivity contribution in [2.45, 2.75) is 31.1 Å². The lowest BCUT2D eigenvalue weighted by atomic mass is 9.76. The van der Waals surface area contributed by atoms with Crippen molar-refractivity contribution in [1.82, 2.24) is 25.0 Å². The predicted octanol–water partition coefficient (Wildman–Crippen LogP) is 4.54. The molecule has 6 nitrogen and oxygen atoms in total. The largest absolute Gasteiger partial charge is 0.325 e. The van der Waals surface area contributed by atoms with E-state index in [9.17, 15) is 13.6 Å². The molecule has 1 N–H and O–H groups in total. The summed E-state index contributed by atoms with van der Waals surface area (Å²) in [5.41, 5.74) is 2.03. The number of aromatic amines is 1. The van der Waals surface area contributed by atoms with Crippen LogP contribution in [0.4, 0.5) is 13.6 Å². The maximum atomic E-state index is 13.5. The topological polar surface area (TPSA) is 65.1 Å². The number of benzene rings is 2. The average molecular weight is 452 g/mol. The lowest BCUT2D eigenvalue weighted by Crippen LogP contribution is -2.46. The number of carbonyl (C=O) groups is 1. The second-order valence-electron chi connectivity index (χ2n) is 8.99. The van der Waals surface area contributed by atoms with Gasteiger partial charge in [-0.05, 0) is 60.6 Å². The highest BCUT2D eigenvalue weighted by Gasteiger charge is 2.35. The van der Waals surface area contributed by atoms with Crippen LogP contribution in [0.5, 0.6) is 0 Å². The molecule has 2 fully saturated rings. The minimum atomic E-state index is -0.272. The molecule has 0 radical (unpaired) electrons. The summed E-state index contributed by atoms with van der Waals surface area (Å²) in [6.45, 7) is 2.72. The normalized spacial score (nSPS) is 19.4. The number of urea groups is 1. The van der Waals surface area contributed by atoms with E-state index in [0.29, 0.717) is 19.6 Å².